The summed E-state index contributed by atoms with van der Waals surface area (Å²) in [5.41, 5.74) is 1.40. The maximum Gasteiger partial charge on any atom is 0.243 e. The number of rotatable bonds is 4. The largest absolute Gasteiger partial charge is 0.333 e. The van der Waals surface area contributed by atoms with Crippen molar-refractivity contribution in [2.75, 3.05) is 18.4 Å². The normalized spacial score (nSPS) is 17.6. The number of benzene rings is 1. The first-order valence-electron chi connectivity index (χ1n) is 10.9. The highest BCUT2D eigenvalue weighted by atomic mass is 35.5. The molecular formula is C22H28ClN5O2. The number of aryl methyl sites for hydroxylation is 1. The van der Waals surface area contributed by atoms with Gasteiger partial charge < -0.3 is 14.8 Å². The van der Waals surface area contributed by atoms with E-state index < -0.39 is 0 Å². The van der Waals surface area contributed by atoms with Gasteiger partial charge in [-0.05, 0) is 43.9 Å². The standard InChI is InChI=1S/C22H28ClN5O2/c23-18-11-10-16(24-20(29)15-27-12-6-2-1-5-9-21(27)30)14-17(18)22-26-25-19-8-4-3-7-13-28(19)22/h10-11,14H,1-9,12-13,15H2,(H,24,29). The van der Waals surface area contributed by atoms with Crippen LogP contribution < -0.4 is 5.32 Å². The first kappa shape index (κ1) is 20.8. The van der Waals surface area contributed by atoms with Gasteiger partial charge in [-0.15, -0.1) is 10.2 Å². The van der Waals surface area contributed by atoms with E-state index in [2.05, 4.69) is 20.1 Å². The molecule has 2 aliphatic rings. The summed E-state index contributed by atoms with van der Waals surface area (Å²) in [5, 5.41) is 12.2. The molecule has 0 unspecified atom stereocenters. The molecule has 30 heavy (non-hydrogen) atoms. The molecule has 8 heteroatoms. The van der Waals surface area contributed by atoms with Crippen molar-refractivity contribution in [3.8, 4) is 11.4 Å². The smallest absolute Gasteiger partial charge is 0.243 e. The van der Waals surface area contributed by atoms with Crippen LogP contribution in [-0.4, -0.2) is 44.6 Å². The van der Waals surface area contributed by atoms with Crippen LogP contribution in [0.4, 0.5) is 5.69 Å². The summed E-state index contributed by atoms with van der Waals surface area (Å²) in [6, 6.07) is 5.39. The predicted octanol–water partition coefficient (Wildman–Crippen LogP) is 4.06. The van der Waals surface area contributed by atoms with Crippen LogP contribution in [0.3, 0.4) is 0 Å². The molecule has 1 fully saturated rings. The molecule has 160 valence electrons. The topological polar surface area (TPSA) is 80.1 Å². The fourth-order valence-electron chi connectivity index (χ4n) is 4.22. The third-order valence-electron chi connectivity index (χ3n) is 5.86. The molecule has 1 aromatic carbocycles. The molecule has 0 bridgehead atoms. The quantitative estimate of drug-likeness (QED) is 0.794. The van der Waals surface area contributed by atoms with Crippen LogP contribution in [0.2, 0.25) is 5.02 Å². The lowest BCUT2D eigenvalue weighted by Gasteiger charge is -2.24. The van der Waals surface area contributed by atoms with Gasteiger partial charge >= 0.3 is 0 Å². The Labute approximate surface area is 181 Å². The van der Waals surface area contributed by atoms with Gasteiger partial charge in [0.05, 0.1) is 11.6 Å². The first-order valence-corrected chi connectivity index (χ1v) is 11.3. The van der Waals surface area contributed by atoms with E-state index in [1.165, 1.54) is 6.42 Å². The Bertz CT molecular complexity index is 926. The summed E-state index contributed by atoms with van der Waals surface area (Å²) in [6.07, 6.45) is 8.89. The number of likely N-dealkylation sites (tertiary alicyclic amines) is 1. The zero-order valence-electron chi connectivity index (χ0n) is 17.2. The molecule has 1 N–H and O–H groups in total. The second-order valence-electron chi connectivity index (χ2n) is 8.12. The fourth-order valence-corrected chi connectivity index (χ4v) is 4.42. The number of nitrogens with one attached hydrogen (secondary N) is 1. The zero-order valence-corrected chi connectivity index (χ0v) is 18.0. The number of nitrogens with zero attached hydrogens (tertiary/aromatic N) is 4. The summed E-state index contributed by atoms with van der Waals surface area (Å²) in [4.78, 5) is 26.6. The third-order valence-corrected chi connectivity index (χ3v) is 6.19. The Morgan fingerprint density at radius 3 is 2.67 bits per heavy atom. The van der Waals surface area contributed by atoms with Crippen molar-refractivity contribution in [2.45, 2.75) is 64.3 Å². The molecule has 0 radical (unpaired) electrons. The highest BCUT2D eigenvalue weighted by Gasteiger charge is 2.20. The Balaban J connectivity index is 1.49. The lowest BCUT2D eigenvalue weighted by Crippen LogP contribution is -2.39. The molecule has 2 aliphatic heterocycles. The Morgan fingerprint density at radius 1 is 1.00 bits per heavy atom. The number of amides is 2. The maximum absolute atomic E-state index is 12.6. The van der Waals surface area contributed by atoms with Crippen molar-refractivity contribution in [2.24, 2.45) is 0 Å². The minimum Gasteiger partial charge on any atom is -0.333 e. The maximum atomic E-state index is 12.6. The van der Waals surface area contributed by atoms with Gasteiger partial charge in [0, 0.05) is 37.2 Å². The molecule has 1 aromatic heterocycles. The van der Waals surface area contributed by atoms with Crippen LogP contribution in [-0.2, 0) is 22.6 Å². The van der Waals surface area contributed by atoms with Crippen molar-refractivity contribution in [3.05, 3.63) is 29.0 Å². The van der Waals surface area contributed by atoms with Gasteiger partial charge in [0.25, 0.3) is 0 Å². The highest BCUT2D eigenvalue weighted by molar-refractivity contribution is 6.33. The summed E-state index contributed by atoms with van der Waals surface area (Å²) in [7, 11) is 0. The van der Waals surface area contributed by atoms with Crippen LogP contribution in [0.1, 0.15) is 57.2 Å². The summed E-state index contributed by atoms with van der Waals surface area (Å²) in [6.45, 7) is 1.60. The highest BCUT2D eigenvalue weighted by Crippen LogP contribution is 2.31. The van der Waals surface area contributed by atoms with Crippen molar-refractivity contribution >= 4 is 29.1 Å². The van der Waals surface area contributed by atoms with Gasteiger partial charge in [-0.1, -0.05) is 30.9 Å². The van der Waals surface area contributed by atoms with Crippen molar-refractivity contribution in [1.29, 1.82) is 0 Å². The number of carbonyl (C=O) groups is 2. The molecule has 7 nitrogen and oxygen atoms in total. The predicted molar refractivity (Wildman–Crippen MR) is 116 cm³/mol. The number of hydrogen-bond acceptors (Lipinski definition) is 4. The molecule has 4 rings (SSSR count). The van der Waals surface area contributed by atoms with Crippen LogP contribution in [0.25, 0.3) is 11.4 Å². The summed E-state index contributed by atoms with van der Waals surface area (Å²) in [5.74, 6) is 1.60. The van der Waals surface area contributed by atoms with Crippen LogP contribution in [0, 0.1) is 0 Å². The van der Waals surface area contributed by atoms with Crippen LogP contribution in [0.5, 0.6) is 0 Å². The number of fused-ring (bicyclic) bond motifs is 1. The minimum atomic E-state index is -0.197. The van der Waals surface area contributed by atoms with E-state index in [0.717, 1.165) is 68.7 Å². The van der Waals surface area contributed by atoms with Gasteiger partial charge in [-0.3, -0.25) is 9.59 Å². The zero-order chi connectivity index (χ0) is 20.9. The lowest BCUT2D eigenvalue weighted by atomic mass is 10.1. The van der Waals surface area contributed by atoms with Gasteiger partial charge in [0.2, 0.25) is 11.8 Å². The fraction of sp³-hybridized carbons (Fsp3) is 0.545. The van der Waals surface area contributed by atoms with Crippen LogP contribution in [0.15, 0.2) is 18.2 Å². The van der Waals surface area contributed by atoms with Crippen molar-refractivity contribution < 1.29 is 9.59 Å². The molecule has 3 heterocycles. The van der Waals surface area contributed by atoms with Crippen LogP contribution >= 0.6 is 11.6 Å². The van der Waals surface area contributed by atoms with Gasteiger partial charge in [-0.2, -0.15) is 0 Å². The first-order chi connectivity index (χ1) is 14.6. The second kappa shape index (κ2) is 9.60. The van der Waals surface area contributed by atoms with E-state index in [9.17, 15) is 9.59 Å². The van der Waals surface area contributed by atoms with E-state index in [0.29, 0.717) is 23.7 Å². The Hall–Kier alpha value is -2.41. The number of halogens is 1. The Kier molecular flexibility index (Phi) is 6.67. The molecule has 0 saturated carbocycles. The van der Waals surface area contributed by atoms with E-state index in [1.807, 2.05) is 6.07 Å². The van der Waals surface area contributed by atoms with Gasteiger partial charge in [0.1, 0.15) is 5.82 Å². The molecule has 0 spiro atoms. The average molecular weight is 430 g/mol. The lowest BCUT2D eigenvalue weighted by molar-refractivity contribution is -0.135. The third kappa shape index (κ3) is 4.83. The van der Waals surface area contributed by atoms with E-state index >= 15 is 0 Å². The SMILES string of the molecule is O=C(CN1CCCCCCC1=O)Nc1ccc(Cl)c(-c2nnc3n2CCCCC3)c1. The van der Waals surface area contributed by atoms with Gasteiger partial charge in [0.15, 0.2) is 5.82 Å². The van der Waals surface area contributed by atoms with E-state index in [4.69, 9.17) is 11.6 Å². The number of aromatic nitrogens is 3. The monoisotopic (exact) mass is 429 g/mol. The molecule has 1 saturated heterocycles. The molecule has 0 atom stereocenters. The number of hydrogen-bond donors (Lipinski definition) is 1. The molecule has 2 amide bonds. The Morgan fingerprint density at radius 2 is 1.77 bits per heavy atom. The van der Waals surface area contributed by atoms with Gasteiger partial charge in [-0.25, -0.2) is 0 Å². The summed E-state index contributed by atoms with van der Waals surface area (Å²) >= 11 is 6.47. The van der Waals surface area contributed by atoms with Crippen molar-refractivity contribution in [3.63, 3.8) is 0 Å². The average Bonchev–Trinajstić information content (AvgIpc) is 2.97. The van der Waals surface area contributed by atoms with E-state index in [1.54, 1.807) is 17.0 Å². The molecule has 2 aromatic rings. The van der Waals surface area contributed by atoms with Crippen molar-refractivity contribution in [1.82, 2.24) is 19.7 Å². The van der Waals surface area contributed by atoms with E-state index in [-0.39, 0.29) is 18.4 Å². The molecular weight excluding hydrogens is 402 g/mol. The number of carbonyl (C=O) groups excluding carboxylic acids is 2. The minimum absolute atomic E-state index is 0.0628. The summed E-state index contributed by atoms with van der Waals surface area (Å²) < 4.78 is 2.14. The molecule has 0 aliphatic carbocycles. The second-order valence-corrected chi connectivity index (χ2v) is 8.53. The number of anilines is 1.